The molecule has 1 nitrogen and oxygen atoms in total. The van der Waals surface area contributed by atoms with E-state index in [4.69, 9.17) is 0 Å². The number of hydrogen-bond donors (Lipinski definition) is 0. The molecule has 0 heterocycles. The Morgan fingerprint density at radius 1 is 1.55 bits per heavy atom. The first kappa shape index (κ1) is 10.1. The van der Waals surface area contributed by atoms with Gasteiger partial charge in [-0.1, -0.05) is 26.5 Å². The van der Waals surface area contributed by atoms with Crippen LogP contribution in [0.5, 0.6) is 0 Å². The van der Waals surface area contributed by atoms with Gasteiger partial charge in [-0.05, 0) is 11.5 Å². The SMILES string of the molecule is C=C/C(=C\N=C(/C)F)C(C)C. The van der Waals surface area contributed by atoms with Crippen molar-refractivity contribution in [2.45, 2.75) is 20.8 Å². The van der Waals surface area contributed by atoms with Crippen LogP contribution in [0.4, 0.5) is 4.39 Å². The first-order valence-corrected chi connectivity index (χ1v) is 3.60. The Bertz CT molecular complexity index is 186. The van der Waals surface area contributed by atoms with Crippen LogP contribution in [0.1, 0.15) is 20.8 Å². The fraction of sp³-hybridized carbons (Fsp3) is 0.444. The molecule has 0 rings (SSSR count). The molecule has 0 aliphatic carbocycles. The standard InChI is InChI=1S/C9H14FN/c1-5-9(7(2)3)6-11-8(4)10/h5-7H,1H2,2-4H3/b9-6+,11-8+. The van der Waals surface area contributed by atoms with E-state index in [-0.39, 0.29) is 0 Å². The van der Waals surface area contributed by atoms with E-state index in [0.717, 1.165) is 5.57 Å². The Balaban J connectivity index is 4.36. The molecular formula is C9H14FN. The second-order valence-electron chi connectivity index (χ2n) is 2.61. The maximum absolute atomic E-state index is 12.1. The van der Waals surface area contributed by atoms with Gasteiger partial charge in [-0.25, -0.2) is 4.99 Å². The largest absolute Gasteiger partial charge is 0.232 e. The van der Waals surface area contributed by atoms with Crippen molar-refractivity contribution in [3.8, 4) is 0 Å². The minimum atomic E-state index is -0.426. The van der Waals surface area contributed by atoms with Crippen molar-refractivity contribution in [3.05, 3.63) is 24.4 Å². The van der Waals surface area contributed by atoms with Gasteiger partial charge in [0.25, 0.3) is 0 Å². The topological polar surface area (TPSA) is 12.4 Å². The smallest absolute Gasteiger partial charge is 0.185 e. The number of rotatable bonds is 3. The Labute approximate surface area is 67.3 Å². The molecule has 62 valence electrons. The molecule has 0 aliphatic rings. The van der Waals surface area contributed by atoms with Gasteiger partial charge in [0, 0.05) is 13.1 Å². The number of nitrogens with zero attached hydrogens (tertiary/aromatic N) is 1. The molecule has 0 aromatic carbocycles. The van der Waals surface area contributed by atoms with Gasteiger partial charge < -0.3 is 0 Å². The predicted octanol–water partition coefficient (Wildman–Crippen LogP) is 3.10. The highest BCUT2D eigenvalue weighted by Gasteiger charge is 1.96. The van der Waals surface area contributed by atoms with Crippen LogP contribution in [0, 0.1) is 5.92 Å². The minimum absolute atomic E-state index is 0.343. The fourth-order valence-corrected chi connectivity index (χ4v) is 0.601. The summed E-state index contributed by atoms with van der Waals surface area (Å²) in [6.45, 7) is 8.94. The molecule has 0 radical (unpaired) electrons. The van der Waals surface area contributed by atoms with Crippen molar-refractivity contribution in [3.63, 3.8) is 0 Å². The van der Waals surface area contributed by atoms with Gasteiger partial charge in [-0.3, -0.25) is 0 Å². The first-order valence-electron chi connectivity index (χ1n) is 3.60. The number of aliphatic imine (C=N–C) groups is 1. The van der Waals surface area contributed by atoms with E-state index in [0.29, 0.717) is 5.92 Å². The second kappa shape index (κ2) is 4.83. The van der Waals surface area contributed by atoms with E-state index >= 15 is 0 Å². The van der Waals surface area contributed by atoms with E-state index in [9.17, 15) is 4.39 Å². The van der Waals surface area contributed by atoms with Gasteiger partial charge in [0.2, 0.25) is 0 Å². The van der Waals surface area contributed by atoms with Crippen molar-refractivity contribution in [2.75, 3.05) is 0 Å². The number of halogens is 1. The lowest BCUT2D eigenvalue weighted by atomic mass is 10.1. The molecule has 0 saturated carbocycles. The fourth-order valence-electron chi connectivity index (χ4n) is 0.601. The van der Waals surface area contributed by atoms with Crippen LogP contribution in [-0.4, -0.2) is 5.97 Å². The van der Waals surface area contributed by atoms with Crippen LogP contribution >= 0.6 is 0 Å². The maximum Gasteiger partial charge on any atom is 0.185 e. The Morgan fingerprint density at radius 2 is 2.09 bits per heavy atom. The lowest BCUT2D eigenvalue weighted by Gasteiger charge is -2.02. The van der Waals surface area contributed by atoms with E-state index in [1.54, 1.807) is 6.08 Å². The van der Waals surface area contributed by atoms with Crippen molar-refractivity contribution >= 4 is 5.97 Å². The highest BCUT2D eigenvalue weighted by molar-refractivity contribution is 5.72. The minimum Gasteiger partial charge on any atom is -0.232 e. The third-order valence-corrected chi connectivity index (χ3v) is 1.29. The molecule has 0 saturated heterocycles. The summed E-state index contributed by atoms with van der Waals surface area (Å²) in [6.07, 6.45) is 3.20. The summed E-state index contributed by atoms with van der Waals surface area (Å²) in [4.78, 5) is 3.53. The zero-order valence-electron chi connectivity index (χ0n) is 7.26. The van der Waals surface area contributed by atoms with Gasteiger partial charge in [-0.2, -0.15) is 4.39 Å². The predicted molar refractivity (Wildman–Crippen MR) is 47.3 cm³/mol. The van der Waals surface area contributed by atoms with E-state index < -0.39 is 5.97 Å². The molecule has 0 aromatic rings. The normalized spacial score (nSPS) is 13.9. The van der Waals surface area contributed by atoms with Crippen molar-refractivity contribution in [1.29, 1.82) is 0 Å². The average molecular weight is 155 g/mol. The monoisotopic (exact) mass is 155 g/mol. The van der Waals surface area contributed by atoms with Gasteiger partial charge in [0.05, 0.1) is 0 Å². The summed E-state index contributed by atoms with van der Waals surface area (Å²) in [5.41, 5.74) is 0.946. The average Bonchev–Trinajstić information content (AvgIpc) is 1.87. The maximum atomic E-state index is 12.1. The van der Waals surface area contributed by atoms with E-state index in [1.165, 1.54) is 13.1 Å². The van der Waals surface area contributed by atoms with E-state index in [1.807, 2.05) is 13.8 Å². The molecular weight excluding hydrogens is 141 g/mol. The summed E-state index contributed by atoms with van der Waals surface area (Å²) < 4.78 is 12.1. The summed E-state index contributed by atoms with van der Waals surface area (Å²) in [5, 5.41) is 0. The summed E-state index contributed by atoms with van der Waals surface area (Å²) >= 11 is 0. The quantitative estimate of drug-likeness (QED) is 0.438. The van der Waals surface area contributed by atoms with Crippen molar-refractivity contribution < 1.29 is 4.39 Å². The van der Waals surface area contributed by atoms with Gasteiger partial charge in [0.15, 0.2) is 5.97 Å². The zero-order chi connectivity index (χ0) is 8.85. The molecule has 0 aromatic heterocycles. The van der Waals surface area contributed by atoms with Crippen LogP contribution < -0.4 is 0 Å². The van der Waals surface area contributed by atoms with Crippen LogP contribution in [0.2, 0.25) is 0 Å². The van der Waals surface area contributed by atoms with E-state index in [2.05, 4.69) is 11.6 Å². The molecule has 0 aliphatic heterocycles. The second-order valence-corrected chi connectivity index (χ2v) is 2.61. The Kier molecular flexibility index (Phi) is 4.42. The third kappa shape index (κ3) is 4.48. The van der Waals surface area contributed by atoms with Gasteiger partial charge >= 0.3 is 0 Å². The molecule has 0 amide bonds. The molecule has 2 heteroatoms. The first-order chi connectivity index (χ1) is 5.07. The van der Waals surface area contributed by atoms with Gasteiger partial charge in [0.1, 0.15) is 0 Å². The van der Waals surface area contributed by atoms with Crippen LogP contribution in [-0.2, 0) is 0 Å². The van der Waals surface area contributed by atoms with Crippen LogP contribution in [0.25, 0.3) is 0 Å². The zero-order valence-corrected chi connectivity index (χ0v) is 7.26. The third-order valence-electron chi connectivity index (χ3n) is 1.29. The number of allylic oxidation sites excluding steroid dienone is 2. The Hall–Kier alpha value is -0.920. The highest BCUT2D eigenvalue weighted by Crippen LogP contribution is 2.09. The highest BCUT2D eigenvalue weighted by atomic mass is 19.1. The number of hydrogen-bond acceptors (Lipinski definition) is 1. The molecule has 0 spiro atoms. The lowest BCUT2D eigenvalue weighted by Crippen LogP contribution is -1.89. The summed E-state index contributed by atoms with van der Waals surface area (Å²) in [7, 11) is 0. The molecule has 11 heavy (non-hydrogen) atoms. The Morgan fingerprint density at radius 3 is 2.36 bits per heavy atom. The van der Waals surface area contributed by atoms with Gasteiger partial charge in [-0.15, -0.1) is 0 Å². The molecule has 0 bridgehead atoms. The van der Waals surface area contributed by atoms with Crippen molar-refractivity contribution in [2.24, 2.45) is 10.9 Å². The molecule has 0 N–H and O–H groups in total. The molecule has 0 fully saturated rings. The molecule has 0 atom stereocenters. The summed E-state index contributed by atoms with van der Waals surface area (Å²) in [6, 6.07) is 0. The van der Waals surface area contributed by atoms with Crippen LogP contribution in [0.3, 0.4) is 0 Å². The summed E-state index contributed by atoms with van der Waals surface area (Å²) in [5.74, 6) is -0.0828. The van der Waals surface area contributed by atoms with Crippen molar-refractivity contribution in [1.82, 2.24) is 0 Å². The van der Waals surface area contributed by atoms with Crippen LogP contribution in [0.15, 0.2) is 29.4 Å². The molecule has 0 unspecified atom stereocenters. The lowest BCUT2D eigenvalue weighted by molar-refractivity contribution is 0.779.